The van der Waals surface area contributed by atoms with Crippen LogP contribution in [0.2, 0.25) is 0 Å². The van der Waals surface area contributed by atoms with E-state index >= 15 is 0 Å². The van der Waals surface area contributed by atoms with Gasteiger partial charge in [0.15, 0.2) is 0 Å². The number of likely N-dealkylation sites (N-methyl/N-ethyl adjacent to an activating group) is 1. The smallest absolute Gasteiger partial charge is 0.258 e. The number of nitrogens with zero attached hydrogens (tertiary/aromatic N) is 3. The molecule has 1 aromatic heterocycles. The van der Waals surface area contributed by atoms with Gasteiger partial charge in [-0.3, -0.25) is 14.5 Å². The zero-order valence-corrected chi connectivity index (χ0v) is 15.1. The zero-order chi connectivity index (χ0) is 19.4. The third kappa shape index (κ3) is 4.02. The highest BCUT2D eigenvalue weighted by Crippen LogP contribution is 2.15. The number of carbonyl (C=O) groups is 1. The number of rotatable bonds is 5. The van der Waals surface area contributed by atoms with Crippen LogP contribution in [0.1, 0.15) is 18.3 Å². The number of benzene rings is 2. The van der Waals surface area contributed by atoms with Crippen molar-refractivity contribution in [2.75, 3.05) is 12.4 Å². The molecule has 2 aromatic carbocycles. The van der Waals surface area contributed by atoms with E-state index in [0.29, 0.717) is 34.5 Å². The van der Waals surface area contributed by atoms with Crippen LogP contribution in [0.3, 0.4) is 0 Å². The molecule has 0 spiro atoms. The largest absolute Gasteiger partial charge is 0.324 e. The summed E-state index contributed by atoms with van der Waals surface area (Å²) in [5, 5.41) is 12.4. The molecule has 1 unspecified atom stereocenters. The average molecular weight is 361 g/mol. The van der Waals surface area contributed by atoms with E-state index in [0.717, 1.165) is 0 Å². The van der Waals surface area contributed by atoms with Crippen molar-refractivity contribution in [2.24, 2.45) is 0 Å². The van der Waals surface area contributed by atoms with Gasteiger partial charge in [-0.25, -0.2) is 4.98 Å². The molecule has 0 saturated carbocycles. The number of anilines is 1. The first kappa shape index (κ1) is 18.3. The lowest BCUT2D eigenvalue weighted by Crippen LogP contribution is -2.39. The van der Waals surface area contributed by atoms with Gasteiger partial charge in [0.1, 0.15) is 11.9 Å². The second kappa shape index (κ2) is 7.81. The highest BCUT2D eigenvalue weighted by atomic mass is 16.2. The molecule has 136 valence electrons. The van der Waals surface area contributed by atoms with E-state index in [-0.39, 0.29) is 11.5 Å². The summed E-state index contributed by atoms with van der Waals surface area (Å²) in [6.45, 7) is 2.05. The maximum Gasteiger partial charge on any atom is 0.258 e. The number of fused-ring (bicyclic) bond motifs is 1. The molecular formula is C20H19N5O2. The Hall–Kier alpha value is -3.50. The molecule has 2 N–H and O–H groups in total. The Morgan fingerprint density at radius 1 is 1.26 bits per heavy atom. The summed E-state index contributed by atoms with van der Waals surface area (Å²) in [7, 11) is 1.77. The van der Waals surface area contributed by atoms with Gasteiger partial charge in [-0.1, -0.05) is 24.3 Å². The molecule has 0 aliphatic carbocycles. The van der Waals surface area contributed by atoms with Crippen LogP contribution in [0, 0.1) is 11.3 Å². The number of H-pyrrole nitrogens is 1. The Balaban J connectivity index is 1.74. The number of nitriles is 1. The summed E-state index contributed by atoms with van der Waals surface area (Å²) in [6, 6.07) is 15.5. The van der Waals surface area contributed by atoms with Crippen LogP contribution < -0.4 is 10.9 Å². The molecule has 7 heteroatoms. The quantitative estimate of drug-likeness (QED) is 0.726. The van der Waals surface area contributed by atoms with Crippen LogP contribution in [0.5, 0.6) is 0 Å². The fourth-order valence-electron chi connectivity index (χ4n) is 2.71. The molecule has 0 aliphatic rings. The Morgan fingerprint density at radius 3 is 2.74 bits per heavy atom. The van der Waals surface area contributed by atoms with Crippen molar-refractivity contribution in [3.8, 4) is 6.07 Å². The molecule has 27 heavy (non-hydrogen) atoms. The first-order valence-electron chi connectivity index (χ1n) is 8.47. The molecule has 0 aliphatic heterocycles. The van der Waals surface area contributed by atoms with Crippen molar-refractivity contribution in [3.05, 3.63) is 70.3 Å². The SMILES string of the molecule is CC(C(=O)Nc1ccccc1C#N)N(C)Cc1nc2ccccc2c(=O)[nH]1. The number of para-hydroxylation sites is 2. The Morgan fingerprint density at radius 2 is 1.96 bits per heavy atom. The monoisotopic (exact) mass is 361 g/mol. The molecule has 0 radical (unpaired) electrons. The number of amides is 1. The number of aromatic amines is 1. The molecule has 1 heterocycles. The van der Waals surface area contributed by atoms with Gasteiger partial charge in [0.05, 0.1) is 34.7 Å². The standard InChI is InChI=1S/C20H19N5O2/c1-13(19(26)23-16-9-5-3-7-14(16)11-21)25(2)12-18-22-17-10-6-4-8-15(17)20(27)24-18/h3-10,13H,12H2,1-2H3,(H,23,26)(H,22,24,27). The molecule has 0 saturated heterocycles. The first-order chi connectivity index (χ1) is 13.0. The van der Waals surface area contributed by atoms with Crippen molar-refractivity contribution in [3.63, 3.8) is 0 Å². The van der Waals surface area contributed by atoms with Gasteiger partial charge in [0, 0.05) is 0 Å². The van der Waals surface area contributed by atoms with Crippen LogP contribution in [0.4, 0.5) is 5.69 Å². The predicted molar refractivity (Wildman–Crippen MR) is 103 cm³/mol. The van der Waals surface area contributed by atoms with Gasteiger partial charge in [-0.2, -0.15) is 5.26 Å². The Kier molecular flexibility index (Phi) is 5.29. The highest BCUT2D eigenvalue weighted by molar-refractivity contribution is 5.95. The van der Waals surface area contributed by atoms with Crippen molar-refractivity contribution < 1.29 is 4.79 Å². The van der Waals surface area contributed by atoms with E-state index in [4.69, 9.17) is 5.26 Å². The minimum atomic E-state index is -0.492. The molecule has 1 amide bonds. The van der Waals surface area contributed by atoms with Crippen molar-refractivity contribution in [2.45, 2.75) is 19.5 Å². The van der Waals surface area contributed by atoms with Crippen LogP contribution >= 0.6 is 0 Å². The van der Waals surface area contributed by atoms with E-state index < -0.39 is 6.04 Å². The number of hydrogen-bond acceptors (Lipinski definition) is 5. The number of carbonyl (C=O) groups excluding carboxylic acids is 1. The predicted octanol–water partition coefficient (Wildman–Crippen LogP) is 2.25. The molecule has 0 bridgehead atoms. The fraction of sp³-hybridized carbons (Fsp3) is 0.200. The summed E-state index contributed by atoms with van der Waals surface area (Å²) in [5.74, 6) is 0.238. The molecule has 7 nitrogen and oxygen atoms in total. The normalized spacial score (nSPS) is 11.9. The topological polar surface area (TPSA) is 102 Å². The van der Waals surface area contributed by atoms with Crippen molar-refractivity contribution in [1.29, 1.82) is 5.26 Å². The maximum atomic E-state index is 12.5. The maximum absolute atomic E-state index is 12.5. The lowest BCUT2D eigenvalue weighted by molar-refractivity contribution is -0.120. The van der Waals surface area contributed by atoms with Crippen LogP contribution in [0.15, 0.2) is 53.3 Å². The van der Waals surface area contributed by atoms with E-state index in [1.165, 1.54) is 0 Å². The van der Waals surface area contributed by atoms with Gasteiger partial charge in [0.2, 0.25) is 5.91 Å². The third-order valence-corrected chi connectivity index (χ3v) is 4.41. The lowest BCUT2D eigenvalue weighted by Gasteiger charge is -2.23. The Bertz CT molecular complexity index is 1080. The minimum Gasteiger partial charge on any atom is -0.324 e. The van der Waals surface area contributed by atoms with Crippen molar-refractivity contribution in [1.82, 2.24) is 14.9 Å². The average Bonchev–Trinajstić information content (AvgIpc) is 2.67. The lowest BCUT2D eigenvalue weighted by atomic mass is 10.2. The molecule has 1 atom stereocenters. The van der Waals surface area contributed by atoms with Gasteiger partial charge < -0.3 is 10.3 Å². The summed E-state index contributed by atoms with van der Waals surface area (Å²) in [5.41, 5.74) is 1.29. The van der Waals surface area contributed by atoms with Crippen LogP contribution in [0.25, 0.3) is 10.9 Å². The second-order valence-corrected chi connectivity index (χ2v) is 6.27. The molecule has 0 fully saturated rings. The minimum absolute atomic E-state index is 0.205. The number of hydrogen-bond donors (Lipinski definition) is 2. The fourth-order valence-corrected chi connectivity index (χ4v) is 2.71. The summed E-state index contributed by atoms with van der Waals surface area (Å²) < 4.78 is 0. The Labute approximate surface area is 156 Å². The van der Waals surface area contributed by atoms with Crippen LogP contribution in [-0.2, 0) is 11.3 Å². The van der Waals surface area contributed by atoms with E-state index in [1.807, 2.05) is 6.07 Å². The molecule has 3 aromatic rings. The van der Waals surface area contributed by atoms with E-state index in [2.05, 4.69) is 21.4 Å². The third-order valence-electron chi connectivity index (χ3n) is 4.41. The van der Waals surface area contributed by atoms with E-state index in [9.17, 15) is 9.59 Å². The second-order valence-electron chi connectivity index (χ2n) is 6.27. The number of aromatic nitrogens is 2. The first-order valence-corrected chi connectivity index (χ1v) is 8.47. The molecule has 3 rings (SSSR count). The highest BCUT2D eigenvalue weighted by Gasteiger charge is 2.20. The number of nitrogens with one attached hydrogen (secondary N) is 2. The van der Waals surface area contributed by atoms with Crippen molar-refractivity contribution >= 4 is 22.5 Å². The molecular weight excluding hydrogens is 342 g/mol. The van der Waals surface area contributed by atoms with Gasteiger partial charge in [-0.05, 0) is 38.2 Å². The summed E-state index contributed by atoms with van der Waals surface area (Å²) in [4.78, 5) is 33.7. The zero-order valence-electron chi connectivity index (χ0n) is 15.1. The van der Waals surface area contributed by atoms with Gasteiger partial charge >= 0.3 is 0 Å². The van der Waals surface area contributed by atoms with Crippen LogP contribution in [-0.4, -0.2) is 33.9 Å². The van der Waals surface area contributed by atoms with Gasteiger partial charge in [-0.15, -0.1) is 0 Å². The summed E-state index contributed by atoms with van der Waals surface area (Å²) >= 11 is 0. The summed E-state index contributed by atoms with van der Waals surface area (Å²) in [6.07, 6.45) is 0. The van der Waals surface area contributed by atoms with Gasteiger partial charge in [0.25, 0.3) is 5.56 Å². The van der Waals surface area contributed by atoms with E-state index in [1.54, 1.807) is 61.3 Å².